The van der Waals surface area contributed by atoms with Crippen LogP contribution in [0.5, 0.6) is 5.75 Å². The molecule has 2 atom stereocenters. The molecule has 1 saturated carbocycles. The second kappa shape index (κ2) is 12.3. The summed E-state index contributed by atoms with van der Waals surface area (Å²) in [7, 11) is 1.38. The zero-order valence-corrected chi connectivity index (χ0v) is 19.6. The molecule has 186 valence electrons. The second-order valence-corrected chi connectivity index (χ2v) is 9.01. The highest BCUT2D eigenvalue weighted by atomic mass is 19.1. The summed E-state index contributed by atoms with van der Waals surface area (Å²) >= 11 is 0. The van der Waals surface area contributed by atoms with E-state index in [-0.39, 0.29) is 48.4 Å². The van der Waals surface area contributed by atoms with E-state index >= 15 is 0 Å². The number of aliphatic imine (C=N–C) groups is 1. The maximum absolute atomic E-state index is 13.7. The van der Waals surface area contributed by atoms with Crippen molar-refractivity contribution < 1.29 is 23.5 Å². The molecule has 5 N–H and O–H groups in total. The van der Waals surface area contributed by atoms with E-state index in [1.54, 1.807) is 6.07 Å². The average molecular weight is 476 g/mol. The zero-order valence-electron chi connectivity index (χ0n) is 19.6. The third-order valence-electron chi connectivity index (χ3n) is 6.35. The molecular formula is C24H34FN5O4. The number of halogens is 1. The molecule has 34 heavy (non-hydrogen) atoms. The number of methoxy groups -OCH3 is 1. The smallest absolute Gasteiger partial charge is 0.245 e. The van der Waals surface area contributed by atoms with Gasteiger partial charge in [-0.25, -0.2) is 9.38 Å². The molecule has 1 aliphatic heterocycles. The van der Waals surface area contributed by atoms with Gasteiger partial charge in [-0.1, -0.05) is 38.2 Å². The van der Waals surface area contributed by atoms with Gasteiger partial charge in [-0.15, -0.1) is 0 Å². The minimum absolute atomic E-state index is 0.0672. The van der Waals surface area contributed by atoms with E-state index in [2.05, 4.69) is 20.9 Å². The fourth-order valence-electron chi connectivity index (χ4n) is 4.53. The van der Waals surface area contributed by atoms with Crippen LogP contribution in [0.2, 0.25) is 0 Å². The van der Waals surface area contributed by atoms with Crippen LogP contribution in [0.3, 0.4) is 0 Å². The molecule has 0 spiro atoms. The highest BCUT2D eigenvalue weighted by molar-refractivity contribution is 5.98. The number of nitrogens with zero attached hydrogens (tertiary/aromatic N) is 1. The average Bonchev–Trinajstić information content (AvgIpc) is 3.22. The topological polar surface area (TPSA) is 135 Å². The van der Waals surface area contributed by atoms with Gasteiger partial charge in [-0.2, -0.15) is 0 Å². The fourth-order valence-corrected chi connectivity index (χ4v) is 4.53. The Labute approximate surface area is 199 Å². The zero-order chi connectivity index (χ0) is 24.5. The fraction of sp³-hybridized carbons (Fsp3) is 0.583. The van der Waals surface area contributed by atoms with Crippen molar-refractivity contribution in [3.8, 4) is 5.75 Å². The van der Waals surface area contributed by atoms with E-state index in [1.165, 1.54) is 25.7 Å². The van der Waals surface area contributed by atoms with E-state index in [4.69, 9.17) is 10.5 Å². The highest BCUT2D eigenvalue weighted by Crippen LogP contribution is 2.28. The molecule has 1 heterocycles. The second-order valence-electron chi connectivity index (χ2n) is 9.01. The lowest BCUT2D eigenvalue weighted by Crippen LogP contribution is -2.43. The summed E-state index contributed by atoms with van der Waals surface area (Å²) in [6, 6.07) is 3.43. The largest absolute Gasteiger partial charge is 0.494 e. The molecule has 0 radical (unpaired) electrons. The number of rotatable bonds is 9. The summed E-state index contributed by atoms with van der Waals surface area (Å²) < 4.78 is 18.6. The number of carbonyl (C=O) groups is 3. The predicted octanol–water partition coefficient (Wildman–Crippen LogP) is 1.89. The first-order valence-electron chi connectivity index (χ1n) is 11.9. The van der Waals surface area contributed by atoms with Gasteiger partial charge in [0, 0.05) is 25.4 Å². The van der Waals surface area contributed by atoms with Crippen molar-refractivity contribution >= 4 is 23.7 Å². The molecule has 10 heteroatoms. The van der Waals surface area contributed by atoms with Gasteiger partial charge in [0.1, 0.15) is 6.04 Å². The third kappa shape index (κ3) is 7.71. The number of hydrogen-bond acceptors (Lipinski definition) is 5. The van der Waals surface area contributed by atoms with Crippen LogP contribution in [0.1, 0.15) is 63.4 Å². The van der Waals surface area contributed by atoms with Gasteiger partial charge in [-0.05, 0) is 36.5 Å². The van der Waals surface area contributed by atoms with E-state index < -0.39 is 11.9 Å². The Hall–Kier alpha value is -3.17. The lowest BCUT2D eigenvalue weighted by Gasteiger charge is -2.24. The molecular weight excluding hydrogens is 441 g/mol. The minimum Gasteiger partial charge on any atom is -0.494 e. The maximum Gasteiger partial charge on any atom is 0.245 e. The summed E-state index contributed by atoms with van der Waals surface area (Å²) in [6.07, 6.45) is 7.15. The molecule has 2 fully saturated rings. The summed E-state index contributed by atoms with van der Waals surface area (Å²) in [4.78, 5) is 41.0. The van der Waals surface area contributed by atoms with Crippen LogP contribution in [0, 0.1) is 11.7 Å². The van der Waals surface area contributed by atoms with Gasteiger partial charge in [0.05, 0.1) is 7.11 Å². The van der Waals surface area contributed by atoms with Crippen LogP contribution in [-0.2, 0) is 20.9 Å². The number of amides is 3. The number of carbonyl (C=O) groups excluding carboxylic acids is 3. The quantitative estimate of drug-likeness (QED) is 0.320. The van der Waals surface area contributed by atoms with E-state index in [1.807, 2.05) is 0 Å². The number of benzene rings is 1. The van der Waals surface area contributed by atoms with Crippen LogP contribution in [0.15, 0.2) is 23.2 Å². The molecule has 1 aromatic carbocycles. The van der Waals surface area contributed by atoms with Crippen LogP contribution in [0.4, 0.5) is 4.39 Å². The Bertz CT molecular complexity index is 917. The number of hydrogen-bond donors (Lipinski definition) is 4. The lowest BCUT2D eigenvalue weighted by atomic mass is 9.84. The molecule has 3 rings (SSSR count). The lowest BCUT2D eigenvalue weighted by molar-refractivity contribution is -0.123. The molecule has 0 bridgehead atoms. The molecule has 1 saturated heterocycles. The summed E-state index contributed by atoms with van der Waals surface area (Å²) in [5.74, 6) is -0.864. The molecule has 0 aromatic heterocycles. The first kappa shape index (κ1) is 25.5. The van der Waals surface area contributed by atoms with Gasteiger partial charge in [0.15, 0.2) is 17.5 Å². The van der Waals surface area contributed by atoms with Crippen molar-refractivity contribution in [2.24, 2.45) is 16.6 Å². The summed E-state index contributed by atoms with van der Waals surface area (Å²) in [5.41, 5.74) is 6.66. The molecule has 2 unspecified atom stereocenters. The van der Waals surface area contributed by atoms with E-state index in [9.17, 15) is 18.8 Å². The van der Waals surface area contributed by atoms with Crippen LogP contribution < -0.4 is 26.4 Å². The van der Waals surface area contributed by atoms with Crippen molar-refractivity contribution in [3.05, 3.63) is 29.6 Å². The Balaban J connectivity index is 1.62. The summed E-state index contributed by atoms with van der Waals surface area (Å²) in [5, 5.41) is 8.12. The Morgan fingerprint density at radius 3 is 2.71 bits per heavy atom. The Kier molecular flexibility index (Phi) is 9.24. The Morgan fingerprint density at radius 2 is 2.03 bits per heavy atom. The van der Waals surface area contributed by atoms with Crippen molar-refractivity contribution in [1.29, 1.82) is 0 Å². The van der Waals surface area contributed by atoms with Gasteiger partial charge in [0.2, 0.25) is 17.7 Å². The third-order valence-corrected chi connectivity index (χ3v) is 6.35. The molecule has 1 aliphatic carbocycles. The molecule has 1 aromatic rings. The van der Waals surface area contributed by atoms with Gasteiger partial charge < -0.3 is 21.1 Å². The normalized spacial score (nSPS) is 19.9. The maximum atomic E-state index is 13.7. The first-order chi connectivity index (χ1) is 16.3. The number of nitrogens with one attached hydrogen (secondary N) is 3. The van der Waals surface area contributed by atoms with Crippen molar-refractivity contribution in [1.82, 2.24) is 16.0 Å². The van der Waals surface area contributed by atoms with Gasteiger partial charge >= 0.3 is 0 Å². The first-order valence-corrected chi connectivity index (χ1v) is 11.9. The SMILES string of the molecule is COc1cc(CNC(=O)C(CC2CCCCC2)N=C(N)NC(=O)CC2CCC(=O)N2)ccc1F. The van der Waals surface area contributed by atoms with Crippen molar-refractivity contribution in [2.75, 3.05) is 7.11 Å². The van der Waals surface area contributed by atoms with Crippen LogP contribution in [-0.4, -0.2) is 42.9 Å². The molecule has 9 nitrogen and oxygen atoms in total. The molecule has 3 amide bonds. The monoisotopic (exact) mass is 475 g/mol. The van der Waals surface area contributed by atoms with E-state index in [0.717, 1.165) is 25.7 Å². The predicted molar refractivity (Wildman–Crippen MR) is 125 cm³/mol. The van der Waals surface area contributed by atoms with Crippen molar-refractivity contribution in [2.45, 2.75) is 76.4 Å². The number of guanidine groups is 1. The standard InChI is InChI=1S/C24H34FN5O4/c1-34-20-12-16(7-9-18(20)25)14-27-23(33)19(11-15-5-3-2-4-6-15)29-24(26)30-22(32)13-17-8-10-21(31)28-17/h7,9,12,15,17,19H,2-6,8,10-11,13-14H2,1H3,(H,27,33)(H,28,31)(H3,26,29,30,32). The summed E-state index contributed by atoms with van der Waals surface area (Å²) in [6.45, 7) is 0.180. The van der Waals surface area contributed by atoms with Gasteiger partial charge in [0.25, 0.3) is 0 Å². The molecule has 2 aliphatic rings. The minimum atomic E-state index is -0.753. The number of ether oxygens (including phenoxy) is 1. The van der Waals surface area contributed by atoms with E-state index in [0.29, 0.717) is 30.7 Å². The van der Waals surface area contributed by atoms with Crippen LogP contribution in [0.25, 0.3) is 0 Å². The van der Waals surface area contributed by atoms with Crippen molar-refractivity contribution in [3.63, 3.8) is 0 Å². The highest BCUT2D eigenvalue weighted by Gasteiger charge is 2.26. The number of nitrogens with two attached hydrogens (primary N) is 1. The van der Waals surface area contributed by atoms with Crippen LogP contribution >= 0.6 is 0 Å². The van der Waals surface area contributed by atoms with Gasteiger partial charge in [-0.3, -0.25) is 19.7 Å². The Morgan fingerprint density at radius 1 is 1.26 bits per heavy atom.